The first-order valence-corrected chi connectivity index (χ1v) is 9.51. The Kier molecular flexibility index (Phi) is 4.95. The number of hydrogen-bond acceptors (Lipinski definition) is 5. The summed E-state index contributed by atoms with van der Waals surface area (Å²) in [4.78, 5) is 29.3. The van der Waals surface area contributed by atoms with Crippen molar-refractivity contribution in [1.29, 1.82) is 0 Å². The molecule has 2 amide bonds. The first kappa shape index (κ1) is 17.5. The normalized spacial score (nSPS) is 29.3. The van der Waals surface area contributed by atoms with Crippen LogP contribution in [0.25, 0.3) is 0 Å². The molecule has 1 N–H and O–H groups in total. The van der Waals surface area contributed by atoms with Gasteiger partial charge < -0.3 is 19.3 Å². The summed E-state index contributed by atoms with van der Waals surface area (Å²) in [6.45, 7) is 4.96. The fourth-order valence-corrected chi connectivity index (χ4v) is 4.11. The Balaban J connectivity index is 1.41. The lowest BCUT2D eigenvalue weighted by Crippen LogP contribution is -2.57. The van der Waals surface area contributed by atoms with E-state index < -0.39 is 0 Å². The van der Waals surface area contributed by atoms with Crippen molar-refractivity contribution < 1.29 is 19.1 Å². The molecule has 0 saturated carbocycles. The van der Waals surface area contributed by atoms with Crippen LogP contribution in [0.2, 0.25) is 0 Å². The highest BCUT2D eigenvalue weighted by atomic mass is 16.5. The molecule has 3 aliphatic rings. The van der Waals surface area contributed by atoms with Crippen LogP contribution >= 0.6 is 0 Å². The molecule has 3 saturated heterocycles. The van der Waals surface area contributed by atoms with Crippen molar-refractivity contribution in [3.8, 4) is 0 Å². The average Bonchev–Trinajstić information content (AvgIpc) is 3.42. The van der Waals surface area contributed by atoms with Gasteiger partial charge in [-0.25, -0.2) is 0 Å². The van der Waals surface area contributed by atoms with Crippen LogP contribution in [0.5, 0.6) is 0 Å². The molecule has 8 nitrogen and oxygen atoms in total. The third-order valence-corrected chi connectivity index (χ3v) is 5.55. The van der Waals surface area contributed by atoms with E-state index in [1.54, 1.807) is 6.20 Å². The van der Waals surface area contributed by atoms with Crippen molar-refractivity contribution in [3.63, 3.8) is 0 Å². The largest absolute Gasteiger partial charge is 0.372 e. The molecule has 1 unspecified atom stereocenters. The first-order valence-electron chi connectivity index (χ1n) is 9.51. The van der Waals surface area contributed by atoms with Gasteiger partial charge in [0.2, 0.25) is 0 Å². The van der Waals surface area contributed by atoms with E-state index in [1.165, 1.54) is 0 Å². The maximum absolute atomic E-state index is 13.0. The Hall–Kier alpha value is -1.93. The van der Waals surface area contributed by atoms with Crippen LogP contribution in [0.4, 0.5) is 0 Å². The smallest absolute Gasteiger partial charge is 0.257 e. The number of aromatic amines is 1. The molecule has 142 valence electrons. The second-order valence-corrected chi connectivity index (χ2v) is 7.33. The number of hydrogen-bond donors (Lipinski definition) is 1. The number of piperazine rings is 1. The highest BCUT2D eigenvalue weighted by Gasteiger charge is 2.36. The van der Waals surface area contributed by atoms with E-state index in [0.717, 1.165) is 38.0 Å². The van der Waals surface area contributed by atoms with Crippen LogP contribution in [0, 0.1) is 0 Å². The van der Waals surface area contributed by atoms with Gasteiger partial charge in [0, 0.05) is 38.9 Å². The molecule has 8 heteroatoms. The monoisotopic (exact) mass is 362 g/mol. The predicted molar refractivity (Wildman–Crippen MR) is 92.6 cm³/mol. The maximum atomic E-state index is 13.0. The van der Waals surface area contributed by atoms with Crippen molar-refractivity contribution in [1.82, 2.24) is 20.0 Å². The minimum Gasteiger partial charge on any atom is -0.372 e. The molecule has 3 fully saturated rings. The summed E-state index contributed by atoms with van der Waals surface area (Å²) in [5.74, 6) is 0.0192. The van der Waals surface area contributed by atoms with Crippen molar-refractivity contribution in [2.45, 2.75) is 50.9 Å². The Labute approximate surface area is 152 Å². The van der Waals surface area contributed by atoms with E-state index >= 15 is 0 Å². The molecule has 3 atom stereocenters. The van der Waals surface area contributed by atoms with Crippen LogP contribution < -0.4 is 0 Å². The standard InChI is InChI=1S/C18H26N4O4/c1-12-11-21(6-7-22(12)18(24)15-5-3-9-26-15)17(23)13-10-19-20-16(13)14-4-2-8-25-14/h10,12,14-15H,2-9,11H2,1H3,(H,19,20)/t12-,14?,15-/m0/s1. The van der Waals surface area contributed by atoms with Crippen LogP contribution in [0.15, 0.2) is 6.20 Å². The van der Waals surface area contributed by atoms with E-state index in [-0.39, 0.29) is 30.1 Å². The van der Waals surface area contributed by atoms with Crippen molar-refractivity contribution >= 4 is 11.8 Å². The number of rotatable bonds is 3. The van der Waals surface area contributed by atoms with Gasteiger partial charge in [0.05, 0.1) is 23.6 Å². The summed E-state index contributed by atoms with van der Waals surface area (Å²) in [6, 6.07) is -0.0255. The van der Waals surface area contributed by atoms with E-state index in [0.29, 0.717) is 31.8 Å². The number of nitrogens with zero attached hydrogens (tertiary/aromatic N) is 3. The minimum absolute atomic E-state index is 0.0255. The maximum Gasteiger partial charge on any atom is 0.257 e. The van der Waals surface area contributed by atoms with Crippen molar-refractivity contribution in [2.75, 3.05) is 32.8 Å². The summed E-state index contributed by atoms with van der Waals surface area (Å²) in [6.07, 6.45) is 4.85. The number of nitrogens with one attached hydrogen (secondary N) is 1. The lowest BCUT2D eigenvalue weighted by Gasteiger charge is -2.40. The minimum atomic E-state index is -0.306. The second kappa shape index (κ2) is 7.36. The van der Waals surface area contributed by atoms with Gasteiger partial charge in [0.25, 0.3) is 11.8 Å². The van der Waals surface area contributed by atoms with Gasteiger partial charge in [-0.3, -0.25) is 14.7 Å². The van der Waals surface area contributed by atoms with Gasteiger partial charge in [-0.1, -0.05) is 0 Å². The SMILES string of the molecule is C[C@H]1CN(C(=O)c2cn[nH]c2C2CCCO2)CCN1C(=O)[C@@H]1CCCO1. The molecular formula is C18H26N4O4. The van der Waals surface area contributed by atoms with Gasteiger partial charge in [0.1, 0.15) is 6.10 Å². The zero-order valence-electron chi connectivity index (χ0n) is 15.1. The van der Waals surface area contributed by atoms with Crippen LogP contribution in [0.1, 0.15) is 54.8 Å². The lowest BCUT2D eigenvalue weighted by atomic mass is 10.1. The Bertz CT molecular complexity index is 664. The number of carbonyl (C=O) groups is 2. The summed E-state index contributed by atoms with van der Waals surface area (Å²) in [5.41, 5.74) is 1.36. The number of aromatic nitrogens is 2. The molecule has 26 heavy (non-hydrogen) atoms. The van der Waals surface area contributed by atoms with Crippen molar-refractivity contribution in [2.24, 2.45) is 0 Å². The van der Waals surface area contributed by atoms with Gasteiger partial charge in [-0.15, -0.1) is 0 Å². The molecule has 0 aromatic carbocycles. The van der Waals surface area contributed by atoms with E-state index in [4.69, 9.17) is 9.47 Å². The molecule has 1 aromatic rings. The Morgan fingerprint density at radius 3 is 2.69 bits per heavy atom. The van der Waals surface area contributed by atoms with Gasteiger partial charge >= 0.3 is 0 Å². The number of H-pyrrole nitrogens is 1. The van der Waals surface area contributed by atoms with E-state index in [2.05, 4.69) is 10.2 Å². The second-order valence-electron chi connectivity index (χ2n) is 7.33. The highest BCUT2D eigenvalue weighted by Crippen LogP contribution is 2.30. The first-order chi connectivity index (χ1) is 12.6. The van der Waals surface area contributed by atoms with Crippen LogP contribution in [-0.4, -0.2) is 76.8 Å². The van der Waals surface area contributed by atoms with Crippen molar-refractivity contribution in [3.05, 3.63) is 17.5 Å². The van der Waals surface area contributed by atoms with E-state index in [1.807, 2.05) is 16.7 Å². The fraction of sp³-hybridized carbons (Fsp3) is 0.722. The Morgan fingerprint density at radius 2 is 2.00 bits per heavy atom. The summed E-state index contributed by atoms with van der Waals surface area (Å²) in [7, 11) is 0. The predicted octanol–water partition coefficient (Wildman–Crippen LogP) is 1.11. The average molecular weight is 362 g/mol. The molecule has 1 aromatic heterocycles. The summed E-state index contributed by atoms with van der Waals surface area (Å²) >= 11 is 0. The number of amides is 2. The fourth-order valence-electron chi connectivity index (χ4n) is 4.11. The zero-order valence-corrected chi connectivity index (χ0v) is 15.1. The molecule has 0 spiro atoms. The number of ether oxygens (including phenoxy) is 2. The molecular weight excluding hydrogens is 336 g/mol. The molecule has 0 aliphatic carbocycles. The van der Waals surface area contributed by atoms with Crippen LogP contribution in [0.3, 0.4) is 0 Å². The van der Waals surface area contributed by atoms with Gasteiger partial charge in [0.15, 0.2) is 0 Å². The van der Waals surface area contributed by atoms with E-state index in [9.17, 15) is 9.59 Å². The zero-order chi connectivity index (χ0) is 18.1. The van der Waals surface area contributed by atoms with Crippen LogP contribution in [-0.2, 0) is 14.3 Å². The molecule has 4 heterocycles. The van der Waals surface area contributed by atoms with Gasteiger partial charge in [-0.2, -0.15) is 5.10 Å². The topological polar surface area (TPSA) is 87.8 Å². The van der Waals surface area contributed by atoms with Gasteiger partial charge in [-0.05, 0) is 32.6 Å². The molecule has 3 aliphatic heterocycles. The summed E-state index contributed by atoms with van der Waals surface area (Å²) < 4.78 is 11.2. The molecule has 0 bridgehead atoms. The quantitative estimate of drug-likeness (QED) is 0.870. The molecule has 0 radical (unpaired) electrons. The third-order valence-electron chi connectivity index (χ3n) is 5.55. The lowest BCUT2D eigenvalue weighted by molar-refractivity contribution is -0.145. The Morgan fingerprint density at radius 1 is 1.19 bits per heavy atom. The number of carbonyl (C=O) groups excluding carboxylic acids is 2. The summed E-state index contributed by atoms with van der Waals surface area (Å²) in [5, 5.41) is 7.00. The third kappa shape index (κ3) is 3.23. The molecule has 4 rings (SSSR count). The highest BCUT2D eigenvalue weighted by molar-refractivity contribution is 5.95.